The number of amides is 1. The van der Waals surface area contributed by atoms with Crippen LogP contribution in [-0.2, 0) is 4.79 Å². The normalized spacial score (nSPS) is 16.6. The van der Waals surface area contributed by atoms with Gasteiger partial charge >= 0.3 is 0 Å². The van der Waals surface area contributed by atoms with Gasteiger partial charge in [-0.3, -0.25) is 4.79 Å². The Bertz CT molecular complexity index is 892. The maximum absolute atomic E-state index is 12.3. The van der Waals surface area contributed by atoms with E-state index >= 15 is 0 Å². The second-order valence-corrected chi connectivity index (χ2v) is 7.69. The van der Waals surface area contributed by atoms with E-state index in [4.69, 9.17) is 9.47 Å². The van der Waals surface area contributed by atoms with Gasteiger partial charge in [0, 0.05) is 0 Å². The highest BCUT2D eigenvalue weighted by Gasteiger charge is 2.24. The van der Waals surface area contributed by atoms with Crippen molar-refractivity contribution in [2.75, 3.05) is 13.2 Å². The van der Waals surface area contributed by atoms with Crippen LogP contribution in [-0.4, -0.2) is 24.3 Å². The molecule has 1 fully saturated rings. The zero-order valence-corrected chi connectivity index (χ0v) is 17.1. The minimum atomic E-state index is -0.155. The summed E-state index contributed by atoms with van der Waals surface area (Å²) in [6, 6.07) is 15.2. The molecule has 1 N–H and O–H groups in total. The number of aliphatic imine (C=N–C) groups is 1. The number of hydrogen-bond acceptors (Lipinski definition) is 5. The van der Waals surface area contributed by atoms with E-state index < -0.39 is 0 Å². The smallest absolute Gasteiger partial charge is 0.264 e. The molecule has 1 amide bonds. The molecular weight excluding hydrogens is 372 g/mol. The molecule has 0 atom stereocenters. The summed E-state index contributed by atoms with van der Waals surface area (Å²) in [6.45, 7) is 7.30. The number of carbonyl (C=O) groups is 1. The Kier molecular flexibility index (Phi) is 6.76. The van der Waals surface area contributed by atoms with Gasteiger partial charge in [-0.05, 0) is 60.5 Å². The molecule has 1 heterocycles. The van der Waals surface area contributed by atoms with Crippen LogP contribution in [0.25, 0.3) is 6.08 Å². The number of carbonyl (C=O) groups excluding carboxylic acids is 1. The fraction of sp³-hybridized carbons (Fsp3) is 0.273. The van der Waals surface area contributed by atoms with E-state index in [1.807, 2.05) is 61.5 Å². The van der Waals surface area contributed by atoms with E-state index in [0.29, 0.717) is 40.7 Å². The van der Waals surface area contributed by atoms with E-state index in [0.717, 1.165) is 11.3 Å². The van der Waals surface area contributed by atoms with Gasteiger partial charge < -0.3 is 14.8 Å². The predicted octanol–water partition coefficient (Wildman–Crippen LogP) is 5.01. The van der Waals surface area contributed by atoms with E-state index in [-0.39, 0.29) is 5.91 Å². The lowest BCUT2D eigenvalue weighted by Gasteiger charge is -2.14. The summed E-state index contributed by atoms with van der Waals surface area (Å²) in [7, 11) is 0. The Labute approximate surface area is 169 Å². The first-order valence-corrected chi connectivity index (χ1v) is 10.1. The van der Waals surface area contributed by atoms with Crippen LogP contribution in [0, 0.1) is 5.92 Å². The van der Waals surface area contributed by atoms with Crippen molar-refractivity contribution >= 4 is 34.6 Å². The summed E-state index contributed by atoms with van der Waals surface area (Å²) >= 11 is 1.32. The van der Waals surface area contributed by atoms with Crippen molar-refractivity contribution in [1.82, 2.24) is 5.32 Å². The van der Waals surface area contributed by atoms with Crippen LogP contribution < -0.4 is 14.8 Å². The average Bonchev–Trinajstić information content (AvgIpc) is 3.01. The first kappa shape index (κ1) is 20.0. The lowest BCUT2D eigenvalue weighted by atomic mass is 10.2. The maximum Gasteiger partial charge on any atom is 0.264 e. The Balaban J connectivity index is 1.79. The lowest BCUT2D eigenvalue weighted by Crippen LogP contribution is -2.19. The molecule has 1 saturated heterocycles. The molecule has 6 heteroatoms. The Morgan fingerprint density at radius 1 is 1.11 bits per heavy atom. The molecule has 0 saturated carbocycles. The van der Waals surface area contributed by atoms with Crippen molar-refractivity contribution in [3.8, 4) is 11.5 Å². The van der Waals surface area contributed by atoms with Gasteiger partial charge in [0.1, 0.15) is 0 Å². The van der Waals surface area contributed by atoms with Crippen LogP contribution in [0.5, 0.6) is 11.5 Å². The molecule has 2 aromatic rings. The molecule has 3 rings (SSSR count). The molecule has 0 aliphatic carbocycles. The van der Waals surface area contributed by atoms with Crippen LogP contribution in [0.2, 0.25) is 0 Å². The highest BCUT2D eigenvalue weighted by molar-refractivity contribution is 8.18. The number of rotatable bonds is 7. The maximum atomic E-state index is 12.3. The van der Waals surface area contributed by atoms with E-state index in [9.17, 15) is 4.79 Å². The van der Waals surface area contributed by atoms with Crippen molar-refractivity contribution in [1.29, 1.82) is 0 Å². The Hall–Kier alpha value is -2.73. The summed E-state index contributed by atoms with van der Waals surface area (Å²) in [4.78, 5) is 17.4. The minimum absolute atomic E-state index is 0.155. The van der Waals surface area contributed by atoms with Crippen LogP contribution >= 0.6 is 11.8 Å². The van der Waals surface area contributed by atoms with Crippen LogP contribution in [0.15, 0.2) is 58.4 Å². The highest BCUT2D eigenvalue weighted by Crippen LogP contribution is 2.32. The number of hydrogen-bond donors (Lipinski definition) is 1. The van der Waals surface area contributed by atoms with Gasteiger partial charge in [0.05, 0.1) is 23.8 Å². The number of amidine groups is 1. The van der Waals surface area contributed by atoms with Crippen LogP contribution in [0.3, 0.4) is 0 Å². The van der Waals surface area contributed by atoms with Gasteiger partial charge in [0.2, 0.25) is 0 Å². The molecule has 0 unspecified atom stereocenters. The third kappa shape index (κ3) is 5.39. The highest BCUT2D eigenvalue weighted by atomic mass is 32.2. The van der Waals surface area contributed by atoms with E-state index in [1.165, 1.54) is 11.8 Å². The number of thioether (sulfide) groups is 1. The second-order valence-electron chi connectivity index (χ2n) is 6.66. The minimum Gasteiger partial charge on any atom is -0.490 e. The molecule has 1 aliphatic heterocycles. The summed E-state index contributed by atoms with van der Waals surface area (Å²) < 4.78 is 11.5. The van der Waals surface area contributed by atoms with Gasteiger partial charge in [-0.15, -0.1) is 0 Å². The van der Waals surface area contributed by atoms with Gasteiger partial charge in [-0.25, -0.2) is 4.99 Å². The van der Waals surface area contributed by atoms with Crippen molar-refractivity contribution < 1.29 is 14.3 Å². The average molecular weight is 397 g/mol. The largest absolute Gasteiger partial charge is 0.490 e. The number of nitrogens with zero attached hydrogens (tertiary/aromatic N) is 1. The topological polar surface area (TPSA) is 59.9 Å². The van der Waals surface area contributed by atoms with E-state index in [1.54, 1.807) is 0 Å². The Morgan fingerprint density at radius 2 is 1.89 bits per heavy atom. The molecule has 1 aliphatic rings. The summed E-state index contributed by atoms with van der Waals surface area (Å²) in [5.74, 6) is 1.67. The first-order valence-electron chi connectivity index (χ1n) is 9.29. The number of para-hydroxylation sites is 1. The summed E-state index contributed by atoms with van der Waals surface area (Å²) in [5.41, 5.74) is 1.68. The molecule has 2 aromatic carbocycles. The zero-order chi connectivity index (χ0) is 19.9. The molecule has 0 radical (unpaired) electrons. The monoisotopic (exact) mass is 396 g/mol. The Morgan fingerprint density at radius 3 is 2.61 bits per heavy atom. The number of ether oxygens (including phenoxy) is 2. The molecule has 0 spiro atoms. The quantitative estimate of drug-likeness (QED) is 0.668. The molecule has 28 heavy (non-hydrogen) atoms. The zero-order valence-electron chi connectivity index (χ0n) is 16.3. The first-order chi connectivity index (χ1) is 13.5. The van der Waals surface area contributed by atoms with Crippen LogP contribution in [0.1, 0.15) is 26.3 Å². The van der Waals surface area contributed by atoms with Crippen molar-refractivity contribution in [2.24, 2.45) is 10.9 Å². The number of nitrogens with one attached hydrogen (secondary N) is 1. The number of benzene rings is 2. The lowest BCUT2D eigenvalue weighted by molar-refractivity contribution is -0.115. The second kappa shape index (κ2) is 9.46. The third-order valence-electron chi connectivity index (χ3n) is 3.78. The molecule has 5 nitrogen and oxygen atoms in total. The van der Waals surface area contributed by atoms with Crippen LogP contribution in [0.4, 0.5) is 5.69 Å². The molecule has 0 bridgehead atoms. The van der Waals surface area contributed by atoms with Gasteiger partial charge in [-0.1, -0.05) is 38.1 Å². The fourth-order valence-electron chi connectivity index (χ4n) is 2.51. The van der Waals surface area contributed by atoms with Crippen molar-refractivity contribution in [3.05, 3.63) is 59.0 Å². The molecule has 146 valence electrons. The van der Waals surface area contributed by atoms with Gasteiger partial charge in [0.25, 0.3) is 5.91 Å². The SMILES string of the molecule is CCOc1cc(C=C2SC(=Nc3ccccc3)NC2=O)ccc1OCC(C)C. The molecular formula is C22H24N2O3S. The van der Waals surface area contributed by atoms with Gasteiger partial charge in [-0.2, -0.15) is 0 Å². The van der Waals surface area contributed by atoms with E-state index in [2.05, 4.69) is 24.2 Å². The predicted molar refractivity (Wildman–Crippen MR) is 115 cm³/mol. The van der Waals surface area contributed by atoms with Crippen molar-refractivity contribution in [2.45, 2.75) is 20.8 Å². The standard InChI is InChI=1S/C22H24N2O3S/c1-4-26-19-12-16(10-11-18(19)27-14-15(2)3)13-20-21(25)24-22(28-20)23-17-8-6-5-7-9-17/h5-13,15H,4,14H2,1-3H3,(H,23,24,25). The summed E-state index contributed by atoms with van der Waals surface area (Å²) in [6.07, 6.45) is 1.84. The molecule has 0 aromatic heterocycles. The van der Waals surface area contributed by atoms with Crippen molar-refractivity contribution in [3.63, 3.8) is 0 Å². The summed E-state index contributed by atoms with van der Waals surface area (Å²) in [5, 5.41) is 3.38. The van der Waals surface area contributed by atoms with Gasteiger partial charge in [0.15, 0.2) is 16.7 Å². The fourth-order valence-corrected chi connectivity index (χ4v) is 3.35. The third-order valence-corrected chi connectivity index (χ3v) is 4.69.